The van der Waals surface area contributed by atoms with E-state index >= 15 is 0 Å². The first-order valence-electron chi connectivity index (χ1n) is 6.85. The van der Waals surface area contributed by atoms with Crippen molar-refractivity contribution in [3.63, 3.8) is 0 Å². The summed E-state index contributed by atoms with van der Waals surface area (Å²) in [5, 5.41) is 3.21. The van der Waals surface area contributed by atoms with Crippen molar-refractivity contribution in [2.24, 2.45) is 0 Å². The van der Waals surface area contributed by atoms with Gasteiger partial charge in [0.15, 0.2) is 9.84 Å². The third-order valence-corrected chi connectivity index (χ3v) is 6.21. The summed E-state index contributed by atoms with van der Waals surface area (Å²) >= 11 is 0. The lowest BCUT2D eigenvalue weighted by atomic mass is 10.0. The Kier molecular flexibility index (Phi) is 4.90. The minimum atomic E-state index is -3.88. The topological polar surface area (TPSA) is 92.3 Å². The van der Waals surface area contributed by atoms with Crippen LogP contribution >= 0.6 is 0 Å². The molecule has 0 radical (unpaired) electrons. The number of benzene rings is 1. The predicted octanol–water partition coefficient (Wildman–Crippen LogP) is 0.648. The molecule has 1 aromatic rings. The third-order valence-electron chi connectivity index (χ3n) is 3.56. The Bertz CT molecular complexity index is 762. The monoisotopic (exact) mass is 350 g/mol. The first kappa shape index (κ1) is 17.3. The van der Waals surface area contributed by atoms with E-state index < -0.39 is 30.6 Å². The summed E-state index contributed by atoms with van der Waals surface area (Å²) < 4.78 is 63.6. The van der Waals surface area contributed by atoms with Crippen LogP contribution in [-0.2, 0) is 19.9 Å². The Morgan fingerprint density at radius 1 is 1.27 bits per heavy atom. The SMILES string of the molecule is CC1CC(NS(=O)(=O)c2ccc(S(C)(=O)=O)c(F)c2)CCN1. The molecule has 0 spiro atoms. The number of sulfonamides is 1. The van der Waals surface area contributed by atoms with Gasteiger partial charge in [-0.2, -0.15) is 0 Å². The van der Waals surface area contributed by atoms with E-state index in [4.69, 9.17) is 0 Å². The summed E-state index contributed by atoms with van der Waals surface area (Å²) in [4.78, 5) is -0.787. The molecule has 0 aliphatic carbocycles. The molecule has 2 rings (SSSR count). The Balaban J connectivity index is 2.25. The van der Waals surface area contributed by atoms with E-state index in [1.54, 1.807) is 0 Å². The van der Waals surface area contributed by atoms with Gasteiger partial charge in [-0.05, 0) is 44.5 Å². The molecular formula is C13H19FN2O4S2. The minimum absolute atomic E-state index is 0.200. The van der Waals surface area contributed by atoms with E-state index in [0.717, 1.165) is 24.5 Å². The van der Waals surface area contributed by atoms with Crippen LogP contribution in [0.15, 0.2) is 28.0 Å². The van der Waals surface area contributed by atoms with Crippen molar-refractivity contribution in [3.05, 3.63) is 24.0 Å². The summed E-state index contributed by atoms with van der Waals surface area (Å²) in [5.74, 6) is -1.07. The first-order valence-corrected chi connectivity index (χ1v) is 10.2. The molecule has 0 aromatic heterocycles. The van der Waals surface area contributed by atoms with Gasteiger partial charge in [-0.25, -0.2) is 25.9 Å². The fraction of sp³-hybridized carbons (Fsp3) is 0.538. The van der Waals surface area contributed by atoms with Crippen molar-refractivity contribution < 1.29 is 21.2 Å². The fourth-order valence-corrected chi connectivity index (χ4v) is 4.50. The molecule has 22 heavy (non-hydrogen) atoms. The summed E-state index contributed by atoms with van der Waals surface area (Å²) in [5.41, 5.74) is 0. The lowest BCUT2D eigenvalue weighted by Gasteiger charge is -2.28. The standard InChI is InChI=1S/C13H19FN2O4S2/c1-9-7-10(5-6-15-9)16-22(19,20)11-3-4-13(12(14)8-11)21(2,17)18/h3-4,8-10,15-16H,5-7H2,1-2H3. The zero-order valence-corrected chi connectivity index (χ0v) is 14.0. The van der Waals surface area contributed by atoms with E-state index in [1.165, 1.54) is 0 Å². The molecule has 1 aromatic carbocycles. The number of rotatable bonds is 4. The smallest absolute Gasteiger partial charge is 0.240 e. The molecule has 0 amide bonds. The van der Waals surface area contributed by atoms with Gasteiger partial charge in [0.2, 0.25) is 10.0 Å². The van der Waals surface area contributed by atoms with Crippen molar-refractivity contribution in [2.75, 3.05) is 12.8 Å². The summed E-state index contributed by atoms with van der Waals surface area (Å²) in [6.45, 7) is 2.66. The highest BCUT2D eigenvalue weighted by atomic mass is 32.2. The molecule has 1 heterocycles. The minimum Gasteiger partial charge on any atom is -0.314 e. The van der Waals surface area contributed by atoms with E-state index in [9.17, 15) is 21.2 Å². The highest BCUT2D eigenvalue weighted by Gasteiger charge is 2.25. The van der Waals surface area contributed by atoms with Crippen molar-refractivity contribution in [2.45, 2.75) is 41.6 Å². The molecule has 0 saturated carbocycles. The zero-order chi connectivity index (χ0) is 16.5. The number of sulfone groups is 1. The second-order valence-electron chi connectivity index (χ2n) is 5.56. The van der Waals surface area contributed by atoms with Gasteiger partial charge in [-0.1, -0.05) is 0 Å². The number of hydrogen-bond donors (Lipinski definition) is 2. The molecule has 2 unspecified atom stereocenters. The number of halogens is 1. The first-order chi connectivity index (χ1) is 10.1. The van der Waals surface area contributed by atoms with Crippen LogP contribution in [0.2, 0.25) is 0 Å². The number of piperidine rings is 1. The molecule has 1 aliphatic heterocycles. The third kappa shape index (κ3) is 4.03. The maximum atomic E-state index is 13.8. The van der Waals surface area contributed by atoms with Crippen LogP contribution < -0.4 is 10.0 Å². The van der Waals surface area contributed by atoms with Crippen LogP contribution in [-0.4, -0.2) is 41.7 Å². The lowest BCUT2D eigenvalue weighted by Crippen LogP contribution is -2.46. The maximum absolute atomic E-state index is 13.8. The summed E-state index contributed by atoms with van der Waals surface area (Å²) in [6, 6.07) is 2.80. The second kappa shape index (κ2) is 6.23. The lowest BCUT2D eigenvalue weighted by molar-refractivity contribution is 0.361. The molecule has 9 heteroatoms. The summed E-state index contributed by atoms with van der Waals surface area (Å²) in [6.07, 6.45) is 2.16. The molecule has 1 aliphatic rings. The predicted molar refractivity (Wildman–Crippen MR) is 80.3 cm³/mol. The van der Waals surface area contributed by atoms with Crippen molar-refractivity contribution in [3.8, 4) is 0 Å². The molecule has 1 fully saturated rings. The quantitative estimate of drug-likeness (QED) is 0.832. The van der Waals surface area contributed by atoms with Crippen LogP contribution in [0, 0.1) is 5.82 Å². The van der Waals surface area contributed by atoms with Crippen molar-refractivity contribution >= 4 is 19.9 Å². The Morgan fingerprint density at radius 3 is 2.50 bits per heavy atom. The highest BCUT2D eigenvalue weighted by Crippen LogP contribution is 2.20. The maximum Gasteiger partial charge on any atom is 0.240 e. The van der Waals surface area contributed by atoms with Gasteiger partial charge in [0, 0.05) is 18.3 Å². The van der Waals surface area contributed by atoms with E-state index in [2.05, 4.69) is 10.0 Å². The Hall–Kier alpha value is -1.03. The van der Waals surface area contributed by atoms with Crippen LogP contribution in [0.25, 0.3) is 0 Å². The number of hydrogen-bond acceptors (Lipinski definition) is 5. The van der Waals surface area contributed by atoms with Gasteiger partial charge in [-0.3, -0.25) is 0 Å². The van der Waals surface area contributed by atoms with Gasteiger partial charge in [0.25, 0.3) is 0 Å². The molecule has 2 atom stereocenters. The van der Waals surface area contributed by atoms with Gasteiger partial charge >= 0.3 is 0 Å². The Morgan fingerprint density at radius 2 is 1.95 bits per heavy atom. The van der Waals surface area contributed by atoms with Crippen molar-refractivity contribution in [1.29, 1.82) is 0 Å². The average Bonchev–Trinajstić information content (AvgIpc) is 2.36. The molecule has 2 N–H and O–H groups in total. The van der Waals surface area contributed by atoms with Gasteiger partial charge in [-0.15, -0.1) is 0 Å². The van der Waals surface area contributed by atoms with E-state index in [0.29, 0.717) is 19.4 Å². The number of nitrogens with one attached hydrogen (secondary N) is 2. The highest BCUT2D eigenvalue weighted by molar-refractivity contribution is 7.90. The normalized spacial score (nSPS) is 23.4. The molecule has 6 nitrogen and oxygen atoms in total. The zero-order valence-electron chi connectivity index (χ0n) is 12.3. The fourth-order valence-electron chi connectivity index (χ4n) is 2.48. The van der Waals surface area contributed by atoms with Gasteiger partial charge in [0.05, 0.1) is 4.90 Å². The molecule has 1 saturated heterocycles. The van der Waals surface area contributed by atoms with Crippen LogP contribution in [0.4, 0.5) is 4.39 Å². The van der Waals surface area contributed by atoms with Crippen LogP contribution in [0.1, 0.15) is 19.8 Å². The van der Waals surface area contributed by atoms with Gasteiger partial charge in [0.1, 0.15) is 10.7 Å². The van der Waals surface area contributed by atoms with Crippen LogP contribution in [0.5, 0.6) is 0 Å². The molecule has 124 valence electrons. The second-order valence-corrected chi connectivity index (χ2v) is 9.26. The summed E-state index contributed by atoms with van der Waals surface area (Å²) in [7, 11) is -7.61. The van der Waals surface area contributed by atoms with Crippen molar-refractivity contribution in [1.82, 2.24) is 10.0 Å². The molecular weight excluding hydrogens is 331 g/mol. The van der Waals surface area contributed by atoms with E-state index in [-0.39, 0.29) is 17.0 Å². The van der Waals surface area contributed by atoms with E-state index in [1.807, 2.05) is 6.92 Å². The molecule has 0 bridgehead atoms. The van der Waals surface area contributed by atoms with Crippen LogP contribution in [0.3, 0.4) is 0 Å². The largest absolute Gasteiger partial charge is 0.314 e. The van der Waals surface area contributed by atoms with Gasteiger partial charge < -0.3 is 5.32 Å². The average molecular weight is 350 g/mol. The Labute approximate surface area is 130 Å².